The van der Waals surface area contributed by atoms with E-state index in [-0.39, 0.29) is 0 Å². The van der Waals surface area contributed by atoms with Gasteiger partial charge in [0.1, 0.15) is 10.8 Å². The third-order valence-corrected chi connectivity index (χ3v) is 5.24. The lowest BCUT2D eigenvalue weighted by atomic mass is 9.90. The van der Waals surface area contributed by atoms with Gasteiger partial charge < -0.3 is 10.4 Å². The van der Waals surface area contributed by atoms with Crippen molar-refractivity contribution in [2.45, 2.75) is 56.2 Å². The Balaban J connectivity index is 2.90. The maximum Gasteiger partial charge on any atom is 0.329 e. The Hall–Kier alpha value is -1.11. The van der Waals surface area contributed by atoms with Gasteiger partial charge in [-0.2, -0.15) is 0 Å². The smallest absolute Gasteiger partial charge is 0.329 e. The van der Waals surface area contributed by atoms with Crippen LogP contribution in [-0.2, 0) is 19.4 Å². The Kier molecular flexibility index (Phi) is 4.95. The van der Waals surface area contributed by atoms with Crippen molar-refractivity contribution in [2.24, 2.45) is 0 Å². The van der Waals surface area contributed by atoms with Crippen LogP contribution in [0.4, 0.5) is 0 Å². The zero-order valence-corrected chi connectivity index (χ0v) is 12.1. The zero-order valence-electron chi connectivity index (χ0n) is 11.3. The largest absolute Gasteiger partial charge is 0.480 e. The molecule has 0 spiro atoms. The van der Waals surface area contributed by atoms with Crippen molar-refractivity contribution in [3.63, 3.8) is 0 Å². The minimum absolute atomic E-state index is 0.352. The van der Waals surface area contributed by atoms with Crippen molar-refractivity contribution >= 4 is 21.7 Å². The average Bonchev–Trinajstić information content (AvgIpc) is 2.53. The number of sulfone groups is 1. The maximum atomic E-state index is 11.9. The second-order valence-electron chi connectivity index (χ2n) is 5.26. The number of carboxylic acid groups (broad SMARTS) is 1. The fourth-order valence-corrected chi connectivity index (χ4v) is 2.70. The quantitative estimate of drug-likeness (QED) is 0.743. The molecular weight excluding hydrogens is 270 g/mol. The zero-order chi connectivity index (χ0) is 14.7. The fourth-order valence-electron chi connectivity index (χ4n) is 2.26. The van der Waals surface area contributed by atoms with Gasteiger partial charge in [-0.25, -0.2) is 13.2 Å². The minimum Gasteiger partial charge on any atom is -0.480 e. The number of rotatable bonds is 4. The van der Waals surface area contributed by atoms with E-state index in [9.17, 15) is 23.1 Å². The molecule has 1 unspecified atom stereocenters. The summed E-state index contributed by atoms with van der Waals surface area (Å²) in [4.78, 5) is 23.4. The molecule has 1 rings (SSSR count). The summed E-state index contributed by atoms with van der Waals surface area (Å²) in [7, 11) is -3.52. The molecule has 2 N–H and O–H groups in total. The molecule has 1 saturated carbocycles. The molecule has 1 fully saturated rings. The number of carboxylic acids is 1. The van der Waals surface area contributed by atoms with E-state index in [1.807, 2.05) is 0 Å². The number of nitrogens with one attached hydrogen (secondary N) is 1. The van der Waals surface area contributed by atoms with Crippen LogP contribution in [0.2, 0.25) is 0 Å². The first-order valence-electron chi connectivity index (χ1n) is 6.43. The molecule has 6 nitrogen and oxygen atoms in total. The molecule has 0 saturated heterocycles. The van der Waals surface area contributed by atoms with Crippen LogP contribution in [0.5, 0.6) is 0 Å². The maximum absolute atomic E-state index is 11.9. The number of amides is 1. The Morgan fingerprint density at radius 2 is 1.63 bits per heavy atom. The summed E-state index contributed by atoms with van der Waals surface area (Å²) in [6.45, 7) is 1.27. The number of carbonyl (C=O) groups is 2. The number of aliphatic carboxylic acids is 1. The van der Waals surface area contributed by atoms with E-state index in [0.29, 0.717) is 12.8 Å². The summed E-state index contributed by atoms with van der Waals surface area (Å²) in [6.07, 6.45) is 4.99. The molecule has 1 atom stereocenters. The standard InChI is InChI=1S/C12H21NO5S/c1-9(19(2,17)18)10(14)13-12(11(15)16)7-5-3-4-6-8-12/h9H,3-8H2,1-2H3,(H,13,14)(H,15,16). The molecule has 0 aromatic rings. The van der Waals surface area contributed by atoms with Crippen LogP contribution in [0.1, 0.15) is 45.4 Å². The second-order valence-corrected chi connectivity index (χ2v) is 7.63. The van der Waals surface area contributed by atoms with E-state index in [4.69, 9.17) is 0 Å². The van der Waals surface area contributed by atoms with Crippen LogP contribution in [0.25, 0.3) is 0 Å². The van der Waals surface area contributed by atoms with Gasteiger partial charge in [-0.1, -0.05) is 25.7 Å². The Labute approximate surface area is 113 Å². The SMILES string of the molecule is CC(C(=O)NC1(C(=O)O)CCCCCC1)S(C)(=O)=O. The Morgan fingerprint density at radius 1 is 1.16 bits per heavy atom. The molecule has 0 aliphatic heterocycles. The lowest BCUT2D eigenvalue weighted by molar-refractivity contribution is -0.148. The van der Waals surface area contributed by atoms with Crippen LogP contribution in [-0.4, -0.2) is 42.4 Å². The molecule has 110 valence electrons. The number of hydrogen-bond donors (Lipinski definition) is 2. The highest BCUT2D eigenvalue weighted by atomic mass is 32.2. The van der Waals surface area contributed by atoms with Crippen molar-refractivity contribution < 1.29 is 23.1 Å². The minimum atomic E-state index is -3.52. The molecular formula is C12H21NO5S. The van der Waals surface area contributed by atoms with Gasteiger partial charge in [-0.3, -0.25) is 4.79 Å². The van der Waals surface area contributed by atoms with E-state index in [0.717, 1.165) is 31.9 Å². The fraction of sp³-hybridized carbons (Fsp3) is 0.833. The first kappa shape index (κ1) is 15.9. The van der Waals surface area contributed by atoms with Gasteiger partial charge in [-0.05, 0) is 19.8 Å². The first-order valence-corrected chi connectivity index (χ1v) is 8.39. The molecule has 0 aromatic heterocycles. The number of carbonyl (C=O) groups excluding carboxylic acids is 1. The van der Waals surface area contributed by atoms with Gasteiger partial charge in [0.2, 0.25) is 5.91 Å². The Bertz CT molecular complexity index is 449. The molecule has 0 radical (unpaired) electrons. The summed E-state index contributed by atoms with van der Waals surface area (Å²) in [5.74, 6) is -1.81. The first-order chi connectivity index (χ1) is 8.69. The van der Waals surface area contributed by atoms with Crippen molar-refractivity contribution in [2.75, 3.05) is 6.26 Å². The highest BCUT2D eigenvalue weighted by molar-refractivity contribution is 7.92. The monoisotopic (exact) mass is 291 g/mol. The molecule has 1 aliphatic carbocycles. The van der Waals surface area contributed by atoms with Gasteiger partial charge in [0.15, 0.2) is 9.84 Å². The summed E-state index contributed by atoms with van der Waals surface area (Å²) < 4.78 is 22.7. The van der Waals surface area contributed by atoms with Gasteiger partial charge >= 0.3 is 5.97 Å². The normalized spacial score (nSPS) is 21.2. The average molecular weight is 291 g/mol. The van der Waals surface area contributed by atoms with Crippen LogP contribution in [0.3, 0.4) is 0 Å². The van der Waals surface area contributed by atoms with Crippen LogP contribution in [0.15, 0.2) is 0 Å². The lowest BCUT2D eigenvalue weighted by Gasteiger charge is -2.30. The predicted octanol–water partition coefficient (Wildman–Crippen LogP) is 0.713. The third-order valence-electron chi connectivity index (χ3n) is 3.74. The van der Waals surface area contributed by atoms with Crippen molar-refractivity contribution in [1.82, 2.24) is 5.32 Å². The van der Waals surface area contributed by atoms with Crippen LogP contribution < -0.4 is 5.32 Å². The Morgan fingerprint density at radius 3 is 2.00 bits per heavy atom. The third kappa shape index (κ3) is 3.92. The van der Waals surface area contributed by atoms with Gasteiger partial charge in [-0.15, -0.1) is 0 Å². The highest BCUT2D eigenvalue weighted by Gasteiger charge is 2.41. The molecule has 0 aromatic carbocycles. The lowest BCUT2D eigenvalue weighted by Crippen LogP contribution is -2.57. The highest BCUT2D eigenvalue weighted by Crippen LogP contribution is 2.27. The number of hydrogen-bond acceptors (Lipinski definition) is 4. The molecule has 7 heteroatoms. The summed E-state index contributed by atoms with van der Waals surface area (Å²) >= 11 is 0. The summed E-state index contributed by atoms with van der Waals surface area (Å²) in [6, 6.07) is 0. The van der Waals surface area contributed by atoms with Crippen molar-refractivity contribution in [1.29, 1.82) is 0 Å². The molecule has 1 amide bonds. The van der Waals surface area contributed by atoms with E-state index in [1.54, 1.807) is 0 Å². The van der Waals surface area contributed by atoms with Crippen molar-refractivity contribution in [3.8, 4) is 0 Å². The molecule has 1 aliphatic rings. The second kappa shape index (κ2) is 5.90. The van der Waals surface area contributed by atoms with Gasteiger partial charge in [0.05, 0.1) is 0 Å². The van der Waals surface area contributed by atoms with Crippen molar-refractivity contribution in [3.05, 3.63) is 0 Å². The van der Waals surface area contributed by atoms with E-state index in [2.05, 4.69) is 5.32 Å². The van der Waals surface area contributed by atoms with Gasteiger partial charge in [0, 0.05) is 6.26 Å². The molecule has 0 heterocycles. The summed E-state index contributed by atoms with van der Waals surface area (Å²) in [5.41, 5.74) is -1.31. The topological polar surface area (TPSA) is 101 Å². The molecule has 0 bridgehead atoms. The predicted molar refractivity (Wildman–Crippen MR) is 70.5 cm³/mol. The van der Waals surface area contributed by atoms with E-state index < -0.39 is 32.5 Å². The van der Waals surface area contributed by atoms with E-state index >= 15 is 0 Å². The summed E-state index contributed by atoms with van der Waals surface area (Å²) in [5, 5.41) is 10.6. The molecule has 19 heavy (non-hydrogen) atoms. The van der Waals surface area contributed by atoms with E-state index in [1.165, 1.54) is 6.92 Å². The van der Waals surface area contributed by atoms with Crippen LogP contribution >= 0.6 is 0 Å². The van der Waals surface area contributed by atoms with Gasteiger partial charge in [0.25, 0.3) is 0 Å². The van der Waals surface area contributed by atoms with Crippen LogP contribution in [0, 0.1) is 0 Å².